The molecule has 0 unspecified atom stereocenters. The zero-order chi connectivity index (χ0) is 9.97. The Morgan fingerprint density at radius 2 is 1.93 bits per heavy atom. The maximum Gasteiger partial charge on any atom is 0.180 e. The number of hydrogen-bond donors (Lipinski definition) is 0. The molecular formula is C10H9ClO3. The predicted octanol–water partition coefficient (Wildman–Crippen LogP) is 2.31. The molecule has 1 aliphatic heterocycles. The van der Waals surface area contributed by atoms with E-state index in [-0.39, 0.29) is 0 Å². The first kappa shape index (κ1) is 9.34. The molecular weight excluding hydrogens is 204 g/mol. The van der Waals surface area contributed by atoms with Gasteiger partial charge < -0.3 is 9.47 Å². The zero-order valence-electron chi connectivity index (χ0n) is 7.46. The van der Waals surface area contributed by atoms with Crippen LogP contribution in [-0.2, 0) is 0 Å². The van der Waals surface area contributed by atoms with E-state index < -0.39 is 0 Å². The third-order valence-electron chi connectivity index (χ3n) is 2.00. The quantitative estimate of drug-likeness (QED) is 0.671. The summed E-state index contributed by atoms with van der Waals surface area (Å²) in [6.45, 7) is 1.11. The van der Waals surface area contributed by atoms with Crippen molar-refractivity contribution >= 4 is 17.9 Å². The van der Waals surface area contributed by atoms with E-state index in [0.717, 1.165) is 12.7 Å². The van der Waals surface area contributed by atoms with Gasteiger partial charge in [-0.1, -0.05) is 11.6 Å². The molecule has 1 aromatic rings. The van der Waals surface area contributed by atoms with Crippen molar-refractivity contribution in [3.05, 3.63) is 22.7 Å². The minimum Gasteiger partial charge on any atom is -0.489 e. The molecule has 0 fully saturated rings. The van der Waals surface area contributed by atoms with Crippen molar-refractivity contribution in [3.8, 4) is 11.5 Å². The summed E-state index contributed by atoms with van der Waals surface area (Å²) >= 11 is 5.92. The number of fused-ring (bicyclic) bond motifs is 1. The lowest BCUT2D eigenvalue weighted by atomic mass is 10.2. The summed E-state index contributed by atoms with van der Waals surface area (Å²) in [4.78, 5) is 10.7. The predicted molar refractivity (Wildman–Crippen MR) is 52.4 cm³/mol. The van der Waals surface area contributed by atoms with Gasteiger partial charge in [-0.3, -0.25) is 4.79 Å². The number of hydrogen-bond acceptors (Lipinski definition) is 3. The van der Waals surface area contributed by atoms with Crippen molar-refractivity contribution in [2.24, 2.45) is 0 Å². The second-order valence-corrected chi connectivity index (χ2v) is 3.37. The first-order valence-corrected chi connectivity index (χ1v) is 4.74. The van der Waals surface area contributed by atoms with Crippen molar-refractivity contribution in [1.82, 2.24) is 0 Å². The highest BCUT2D eigenvalue weighted by atomic mass is 35.5. The van der Waals surface area contributed by atoms with Crippen LogP contribution in [0.2, 0.25) is 5.02 Å². The van der Waals surface area contributed by atoms with E-state index in [9.17, 15) is 4.79 Å². The molecule has 1 aliphatic rings. The van der Waals surface area contributed by atoms with Gasteiger partial charge in [-0.05, 0) is 12.1 Å². The second kappa shape index (κ2) is 3.88. The van der Waals surface area contributed by atoms with E-state index in [0.29, 0.717) is 35.3 Å². The Kier molecular flexibility index (Phi) is 2.59. The molecule has 0 atom stereocenters. The highest BCUT2D eigenvalue weighted by Gasteiger charge is 2.17. The third-order valence-corrected chi connectivity index (χ3v) is 2.30. The van der Waals surface area contributed by atoms with Gasteiger partial charge in [-0.2, -0.15) is 0 Å². The average Bonchev–Trinajstić information content (AvgIpc) is 2.44. The van der Waals surface area contributed by atoms with E-state index in [2.05, 4.69) is 0 Å². The fourth-order valence-corrected chi connectivity index (χ4v) is 1.54. The van der Waals surface area contributed by atoms with E-state index in [1.165, 1.54) is 0 Å². The number of ether oxygens (including phenoxy) is 2. The molecule has 74 valence electrons. The van der Waals surface area contributed by atoms with Crippen LogP contribution < -0.4 is 9.47 Å². The maximum absolute atomic E-state index is 10.7. The van der Waals surface area contributed by atoms with Gasteiger partial charge >= 0.3 is 0 Å². The number of benzene rings is 1. The van der Waals surface area contributed by atoms with Crippen LogP contribution in [0.1, 0.15) is 16.8 Å². The first-order chi connectivity index (χ1) is 6.83. The summed E-state index contributed by atoms with van der Waals surface area (Å²) in [7, 11) is 0. The van der Waals surface area contributed by atoms with Crippen LogP contribution >= 0.6 is 11.6 Å². The third kappa shape index (κ3) is 1.55. The Morgan fingerprint density at radius 1 is 1.21 bits per heavy atom. The summed E-state index contributed by atoms with van der Waals surface area (Å²) in [6, 6.07) is 3.27. The zero-order valence-corrected chi connectivity index (χ0v) is 8.21. The van der Waals surface area contributed by atoms with Crippen LogP contribution in [0.25, 0.3) is 0 Å². The first-order valence-electron chi connectivity index (χ1n) is 4.36. The van der Waals surface area contributed by atoms with Crippen LogP contribution in [0.5, 0.6) is 11.5 Å². The molecule has 14 heavy (non-hydrogen) atoms. The second-order valence-electron chi connectivity index (χ2n) is 2.96. The van der Waals surface area contributed by atoms with E-state index >= 15 is 0 Å². The lowest BCUT2D eigenvalue weighted by Crippen LogP contribution is -1.98. The number of carbonyl (C=O) groups excluding carboxylic acids is 1. The number of halogens is 1. The Hall–Kier alpha value is -1.22. The summed E-state index contributed by atoms with van der Waals surface area (Å²) in [5.74, 6) is 0.943. The monoisotopic (exact) mass is 212 g/mol. The fourth-order valence-electron chi connectivity index (χ4n) is 1.34. The molecule has 0 bridgehead atoms. The largest absolute Gasteiger partial charge is 0.489 e. The summed E-state index contributed by atoms with van der Waals surface area (Å²) < 4.78 is 10.8. The SMILES string of the molecule is O=Cc1ccc(Cl)c2c1OCCCO2. The molecule has 0 N–H and O–H groups in total. The summed E-state index contributed by atoms with van der Waals surface area (Å²) in [5.41, 5.74) is 0.478. The van der Waals surface area contributed by atoms with Crippen molar-refractivity contribution in [2.75, 3.05) is 13.2 Å². The smallest absolute Gasteiger partial charge is 0.180 e. The minimum atomic E-state index is 0.463. The maximum atomic E-state index is 10.7. The molecule has 1 heterocycles. The molecule has 3 nitrogen and oxygen atoms in total. The Balaban J connectivity index is 2.54. The van der Waals surface area contributed by atoms with E-state index in [4.69, 9.17) is 21.1 Å². The van der Waals surface area contributed by atoms with Crippen LogP contribution in [0.4, 0.5) is 0 Å². The standard InChI is InChI=1S/C10H9ClO3/c11-8-3-2-7(6-12)9-10(8)14-5-1-4-13-9/h2-3,6H,1,4-5H2. The molecule has 0 saturated heterocycles. The van der Waals surface area contributed by atoms with Crippen LogP contribution in [0, 0.1) is 0 Å². The van der Waals surface area contributed by atoms with Gasteiger partial charge in [-0.15, -0.1) is 0 Å². The van der Waals surface area contributed by atoms with Gasteiger partial charge in [0.1, 0.15) is 0 Å². The van der Waals surface area contributed by atoms with Gasteiger partial charge in [-0.25, -0.2) is 0 Å². The fraction of sp³-hybridized carbons (Fsp3) is 0.300. The lowest BCUT2D eigenvalue weighted by molar-refractivity contribution is 0.111. The average molecular weight is 213 g/mol. The highest BCUT2D eigenvalue weighted by molar-refractivity contribution is 6.32. The lowest BCUT2D eigenvalue weighted by Gasteiger charge is -2.10. The Bertz CT molecular complexity index is 363. The van der Waals surface area contributed by atoms with E-state index in [1.807, 2.05) is 0 Å². The molecule has 0 saturated carbocycles. The van der Waals surface area contributed by atoms with Crippen molar-refractivity contribution in [1.29, 1.82) is 0 Å². The van der Waals surface area contributed by atoms with Gasteiger partial charge in [0.2, 0.25) is 0 Å². The molecule has 2 rings (SSSR count). The molecule has 0 radical (unpaired) electrons. The van der Waals surface area contributed by atoms with Gasteiger partial charge in [0.05, 0.1) is 23.8 Å². The molecule has 4 heteroatoms. The molecule has 0 aliphatic carbocycles. The topological polar surface area (TPSA) is 35.5 Å². The van der Waals surface area contributed by atoms with Crippen molar-refractivity contribution in [3.63, 3.8) is 0 Å². The van der Waals surface area contributed by atoms with Crippen LogP contribution in [0.3, 0.4) is 0 Å². The number of carbonyl (C=O) groups is 1. The molecule has 1 aromatic carbocycles. The highest BCUT2D eigenvalue weighted by Crippen LogP contribution is 2.38. The van der Waals surface area contributed by atoms with Gasteiger partial charge in [0.25, 0.3) is 0 Å². The summed E-state index contributed by atoms with van der Waals surface area (Å²) in [5, 5.41) is 0.479. The van der Waals surface area contributed by atoms with Crippen LogP contribution in [-0.4, -0.2) is 19.5 Å². The molecule has 0 amide bonds. The van der Waals surface area contributed by atoms with Crippen molar-refractivity contribution < 1.29 is 14.3 Å². The summed E-state index contributed by atoms with van der Waals surface area (Å²) in [6.07, 6.45) is 1.53. The normalized spacial score (nSPS) is 14.6. The molecule has 0 spiro atoms. The van der Waals surface area contributed by atoms with E-state index in [1.54, 1.807) is 12.1 Å². The Labute approximate surface area is 86.6 Å². The molecule has 0 aromatic heterocycles. The minimum absolute atomic E-state index is 0.463. The van der Waals surface area contributed by atoms with Crippen LogP contribution in [0.15, 0.2) is 12.1 Å². The van der Waals surface area contributed by atoms with Gasteiger partial charge in [0.15, 0.2) is 17.8 Å². The number of aldehydes is 1. The van der Waals surface area contributed by atoms with Crippen molar-refractivity contribution in [2.45, 2.75) is 6.42 Å². The number of rotatable bonds is 1. The van der Waals surface area contributed by atoms with Gasteiger partial charge in [0, 0.05) is 6.42 Å². The Morgan fingerprint density at radius 3 is 2.64 bits per heavy atom.